The molecular weight excluding hydrogens is 254 g/mol. The summed E-state index contributed by atoms with van der Waals surface area (Å²) in [5.74, 6) is 7.24. The lowest BCUT2D eigenvalue weighted by Gasteiger charge is -2.20. The highest BCUT2D eigenvalue weighted by molar-refractivity contribution is 5.46. The van der Waals surface area contributed by atoms with Crippen LogP contribution in [-0.4, -0.2) is 19.2 Å². The Morgan fingerprint density at radius 3 is 2.55 bits per heavy atom. The Balaban J connectivity index is 2.50. The molecule has 0 aliphatic heterocycles. The Hall–Kier alpha value is -2.11. The van der Waals surface area contributed by atoms with Gasteiger partial charge in [0.25, 0.3) is 0 Å². The molecule has 0 radical (unpaired) electrons. The average Bonchev–Trinajstić information content (AvgIpc) is 2.48. The minimum atomic E-state index is -0.193. The summed E-state index contributed by atoms with van der Waals surface area (Å²) in [6.45, 7) is 1.94. The lowest BCUT2D eigenvalue weighted by Crippen LogP contribution is -2.29. The van der Waals surface area contributed by atoms with Gasteiger partial charge in [-0.2, -0.15) is 0 Å². The molecule has 106 valence electrons. The minimum Gasteiger partial charge on any atom is -0.497 e. The van der Waals surface area contributed by atoms with Gasteiger partial charge in [-0.15, -0.1) is 0 Å². The van der Waals surface area contributed by atoms with E-state index < -0.39 is 0 Å². The fourth-order valence-electron chi connectivity index (χ4n) is 2.18. The standard InChI is InChI=1S/C15H19N3O2/c1-10-8-11(6-7-17-10)15(18-16)13-9-12(19-2)4-5-14(13)20-3/h4-9,15,18H,16H2,1-3H3. The summed E-state index contributed by atoms with van der Waals surface area (Å²) in [5, 5.41) is 0. The maximum Gasteiger partial charge on any atom is 0.124 e. The molecule has 2 rings (SSSR count). The third-order valence-corrected chi connectivity index (χ3v) is 3.17. The number of methoxy groups -OCH3 is 2. The van der Waals surface area contributed by atoms with Crippen LogP contribution in [0.15, 0.2) is 36.5 Å². The van der Waals surface area contributed by atoms with Gasteiger partial charge in [-0.3, -0.25) is 10.8 Å². The monoisotopic (exact) mass is 273 g/mol. The molecular formula is C15H19N3O2. The van der Waals surface area contributed by atoms with E-state index >= 15 is 0 Å². The number of aryl methyl sites for hydroxylation is 1. The Labute approximate surface area is 118 Å². The van der Waals surface area contributed by atoms with Crippen LogP contribution in [0.3, 0.4) is 0 Å². The SMILES string of the molecule is COc1ccc(OC)c(C(NN)c2ccnc(C)c2)c1. The number of ether oxygens (including phenoxy) is 2. The first-order chi connectivity index (χ1) is 9.69. The van der Waals surface area contributed by atoms with Gasteiger partial charge in [0.15, 0.2) is 0 Å². The molecule has 5 heteroatoms. The number of benzene rings is 1. The largest absolute Gasteiger partial charge is 0.497 e. The van der Waals surface area contributed by atoms with Crippen molar-refractivity contribution in [3.05, 3.63) is 53.3 Å². The summed E-state index contributed by atoms with van der Waals surface area (Å²) in [4.78, 5) is 4.20. The molecule has 20 heavy (non-hydrogen) atoms. The normalized spacial score (nSPS) is 12.0. The molecule has 1 heterocycles. The van der Waals surface area contributed by atoms with E-state index in [1.807, 2.05) is 37.3 Å². The number of hydrazine groups is 1. The fraction of sp³-hybridized carbons (Fsp3) is 0.267. The van der Waals surface area contributed by atoms with Crippen molar-refractivity contribution < 1.29 is 9.47 Å². The first-order valence-corrected chi connectivity index (χ1v) is 6.30. The maximum atomic E-state index is 5.74. The first-order valence-electron chi connectivity index (χ1n) is 6.30. The van der Waals surface area contributed by atoms with Crippen molar-refractivity contribution in [2.75, 3.05) is 14.2 Å². The Kier molecular flexibility index (Phi) is 4.55. The molecule has 0 fully saturated rings. The Morgan fingerprint density at radius 2 is 1.95 bits per heavy atom. The van der Waals surface area contributed by atoms with Crippen LogP contribution in [0, 0.1) is 6.92 Å². The molecule has 0 amide bonds. The molecule has 0 aliphatic rings. The van der Waals surface area contributed by atoms with E-state index in [0.717, 1.165) is 28.3 Å². The van der Waals surface area contributed by atoms with E-state index in [-0.39, 0.29) is 6.04 Å². The number of nitrogens with two attached hydrogens (primary N) is 1. The van der Waals surface area contributed by atoms with E-state index in [2.05, 4.69) is 10.4 Å². The van der Waals surface area contributed by atoms with Gasteiger partial charge in [0.2, 0.25) is 0 Å². The number of nitrogens with zero attached hydrogens (tertiary/aromatic N) is 1. The van der Waals surface area contributed by atoms with Gasteiger partial charge in [0.1, 0.15) is 11.5 Å². The highest BCUT2D eigenvalue weighted by Gasteiger charge is 2.18. The zero-order valence-electron chi connectivity index (χ0n) is 11.9. The molecule has 2 aromatic rings. The summed E-state index contributed by atoms with van der Waals surface area (Å²) in [7, 11) is 3.27. The summed E-state index contributed by atoms with van der Waals surface area (Å²) in [6.07, 6.45) is 1.77. The summed E-state index contributed by atoms with van der Waals surface area (Å²) in [5.41, 5.74) is 5.70. The highest BCUT2D eigenvalue weighted by Crippen LogP contribution is 2.32. The van der Waals surface area contributed by atoms with Crippen molar-refractivity contribution in [1.82, 2.24) is 10.4 Å². The number of nitrogens with one attached hydrogen (secondary N) is 1. The van der Waals surface area contributed by atoms with Crippen molar-refractivity contribution in [3.8, 4) is 11.5 Å². The van der Waals surface area contributed by atoms with Crippen molar-refractivity contribution in [2.45, 2.75) is 13.0 Å². The molecule has 0 saturated heterocycles. The van der Waals surface area contributed by atoms with Crippen molar-refractivity contribution in [1.29, 1.82) is 0 Å². The third-order valence-electron chi connectivity index (χ3n) is 3.17. The molecule has 5 nitrogen and oxygen atoms in total. The van der Waals surface area contributed by atoms with Crippen molar-refractivity contribution in [3.63, 3.8) is 0 Å². The second-order valence-corrected chi connectivity index (χ2v) is 4.44. The van der Waals surface area contributed by atoms with E-state index in [4.69, 9.17) is 15.3 Å². The molecule has 1 aromatic heterocycles. The van der Waals surface area contributed by atoms with Gasteiger partial charge in [-0.05, 0) is 42.8 Å². The molecule has 0 bridgehead atoms. The second kappa shape index (κ2) is 6.36. The molecule has 0 aliphatic carbocycles. The predicted molar refractivity (Wildman–Crippen MR) is 77.7 cm³/mol. The van der Waals surface area contributed by atoms with Crippen molar-refractivity contribution >= 4 is 0 Å². The van der Waals surface area contributed by atoms with Crippen LogP contribution in [0.25, 0.3) is 0 Å². The zero-order chi connectivity index (χ0) is 14.5. The molecule has 1 atom stereocenters. The van der Waals surface area contributed by atoms with Crippen LogP contribution in [0.2, 0.25) is 0 Å². The van der Waals surface area contributed by atoms with Gasteiger partial charge in [-0.1, -0.05) is 0 Å². The Morgan fingerprint density at radius 1 is 1.15 bits per heavy atom. The zero-order valence-corrected chi connectivity index (χ0v) is 11.9. The van der Waals surface area contributed by atoms with Crippen molar-refractivity contribution in [2.24, 2.45) is 5.84 Å². The number of rotatable bonds is 5. The van der Waals surface area contributed by atoms with E-state index in [1.165, 1.54) is 0 Å². The van der Waals surface area contributed by atoms with E-state index in [9.17, 15) is 0 Å². The summed E-state index contributed by atoms with van der Waals surface area (Å²) >= 11 is 0. The van der Waals surface area contributed by atoms with Crippen LogP contribution in [0.5, 0.6) is 11.5 Å². The van der Waals surface area contributed by atoms with Crippen LogP contribution >= 0.6 is 0 Å². The molecule has 0 saturated carbocycles. The number of aromatic nitrogens is 1. The minimum absolute atomic E-state index is 0.193. The fourth-order valence-corrected chi connectivity index (χ4v) is 2.18. The average molecular weight is 273 g/mol. The maximum absolute atomic E-state index is 5.74. The highest BCUT2D eigenvalue weighted by atomic mass is 16.5. The van der Waals surface area contributed by atoms with Crippen LogP contribution in [-0.2, 0) is 0 Å². The first kappa shape index (κ1) is 14.3. The number of hydrogen-bond acceptors (Lipinski definition) is 5. The molecule has 3 N–H and O–H groups in total. The topological polar surface area (TPSA) is 69.4 Å². The second-order valence-electron chi connectivity index (χ2n) is 4.44. The lowest BCUT2D eigenvalue weighted by atomic mass is 9.98. The van der Waals surface area contributed by atoms with E-state index in [0.29, 0.717) is 0 Å². The van der Waals surface area contributed by atoms with Gasteiger partial charge in [0.05, 0.1) is 20.3 Å². The van der Waals surface area contributed by atoms with Gasteiger partial charge >= 0.3 is 0 Å². The van der Waals surface area contributed by atoms with Gasteiger partial charge < -0.3 is 9.47 Å². The summed E-state index contributed by atoms with van der Waals surface area (Å²) in [6, 6.07) is 9.36. The number of pyridine rings is 1. The van der Waals surface area contributed by atoms with Crippen LogP contribution < -0.4 is 20.7 Å². The van der Waals surface area contributed by atoms with Gasteiger partial charge in [0, 0.05) is 17.5 Å². The molecule has 1 unspecified atom stereocenters. The number of hydrogen-bond donors (Lipinski definition) is 2. The quantitative estimate of drug-likeness (QED) is 0.644. The molecule has 0 spiro atoms. The van der Waals surface area contributed by atoms with E-state index in [1.54, 1.807) is 20.4 Å². The summed E-state index contributed by atoms with van der Waals surface area (Å²) < 4.78 is 10.7. The Bertz CT molecular complexity index is 587. The lowest BCUT2D eigenvalue weighted by molar-refractivity contribution is 0.394. The third kappa shape index (κ3) is 2.89. The van der Waals surface area contributed by atoms with Crippen LogP contribution in [0.4, 0.5) is 0 Å². The smallest absolute Gasteiger partial charge is 0.124 e. The van der Waals surface area contributed by atoms with Crippen LogP contribution in [0.1, 0.15) is 22.9 Å². The van der Waals surface area contributed by atoms with Gasteiger partial charge in [-0.25, -0.2) is 5.43 Å². The predicted octanol–water partition coefficient (Wildman–Crippen LogP) is 1.96. The molecule has 1 aromatic carbocycles.